The van der Waals surface area contributed by atoms with Crippen LogP contribution in [0, 0.1) is 0 Å². The van der Waals surface area contributed by atoms with Gasteiger partial charge in [0.15, 0.2) is 0 Å². The molecule has 0 saturated carbocycles. The van der Waals surface area contributed by atoms with Crippen LogP contribution in [0.4, 0.5) is 5.82 Å². The van der Waals surface area contributed by atoms with E-state index in [1.165, 1.54) is 12.3 Å². The summed E-state index contributed by atoms with van der Waals surface area (Å²) in [6.45, 7) is 0. The van der Waals surface area contributed by atoms with Crippen LogP contribution in [0.2, 0.25) is 0 Å². The summed E-state index contributed by atoms with van der Waals surface area (Å²) in [4.78, 5) is 37.7. The molecule has 2 heterocycles. The summed E-state index contributed by atoms with van der Waals surface area (Å²) in [7, 11) is 0. The highest BCUT2D eigenvalue weighted by atomic mass is 16.2. The first kappa shape index (κ1) is 9.90. The van der Waals surface area contributed by atoms with Crippen molar-refractivity contribution in [3.63, 3.8) is 0 Å². The Bertz CT molecular complexity index is 609. The summed E-state index contributed by atoms with van der Waals surface area (Å²) in [5, 5.41) is 8.52. The molecule has 0 fully saturated rings. The van der Waals surface area contributed by atoms with E-state index in [-0.39, 0.29) is 5.56 Å². The van der Waals surface area contributed by atoms with Crippen LogP contribution in [-0.2, 0) is 0 Å². The summed E-state index contributed by atoms with van der Waals surface area (Å²) in [5.74, 6) is -0.280. The lowest BCUT2D eigenvalue weighted by molar-refractivity contribution is 0.102. The number of H-pyrrole nitrogens is 3. The van der Waals surface area contributed by atoms with Crippen LogP contribution in [-0.4, -0.2) is 26.1 Å². The summed E-state index contributed by atoms with van der Waals surface area (Å²) in [6, 6.07) is 1.53. The van der Waals surface area contributed by atoms with Gasteiger partial charge in [-0.3, -0.25) is 19.7 Å². The Hall–Kier alpha value is -2.64. The molecule has 8 heteroatoms. The van der Waals surface area contributed by atoms with Gasteiger partial charge < -0.3 is 10.3 Å². The van der Waals surface area contributed by atoms with Crippen molar-refractivity contribution in [2.24, 2.45) is 0 Å². The molecule has 0 bridgehead atoms. The van der Waals surface area contributed by atoms with E-state index in [1.54, 1.807) is 0 Å². The molecule has 0 aromatic carbocycles. The van der Waals surface area contributed by atoms with Crippen molar-refractivity contribution in [1.29, 1.82) is 0 Å². The standard InChI is InChI=1S/C8H7N5O3/c14-6(11-5-1-2-10-13-5)4-3-9-8(16)12-7(4)15/h1-3H,(H2,9,12,15,16)(H2,10,11,13,14). The molecular weight excluding hydrogens is 214 g/mol. The second-order valence-electron chi connectivity index (χ2n) is 2.91. The third-order valence-electron chi connectivity index (χ3n) is 1.81. The average Bonchev–Trinajstić information content (AvgIpc) is 2.70. The Morgan fingerprint density at radius 2 is 2.19 bits per heavy atom. The Kier molecular flexibility index (Phi) is 2.38. The van der Waals surface area contributed by atoms with Gasteiger partial charge in [0.25, 0.3) is 11.5 Å². The van der Waals surface area contributed by atoms with Crippen LogP contribution in [0.3, 0.4) is 0 Å². The van der Waals surface area contributed by atoms with Gasteiger partial charge >= 0.3 is 5.69 Å². The second kappa shape index (κ2) is 3.85. The van der Waals surface area contributed by atoms with Crippen LogP contribution in [0.15, 0.2) is 28.0 Å². The molecule has 2 rings (SSSR count). The normalized spacial score (nSPS) is 10.0. The fraction of sp³-hybridized carbons (Fsp3) is 0. The number of anilines is 1. The SMILES string of the molecule is O=C(Nc1ccn[nH]1)c1c[nH]c(=O)[nH]c1=O. The van der Waals surface area contributed by atoms with Crippen molar-refractivity contribution in [3.05, 3.63) is 44.9 Å². The topological polar surface area (TPSA) is 123 Å². The molecule has 0 atom stereocenters. The number of aromatic amines is 3. The second-order valence-corrected chi connectivity index (χ2v) is 2.91. The van der Waals surface area contributed by atoms with Gasteiger partial charge in [-0.15, -0.1) is 0 Å². The molecule has 2 aromatic heterocycles. The number of amides is 1. The van der Waals surface area contributed by atoms with E-state index in [1.807, 2.05) is 4.98 Å². The van der Waals surface area contributed by atoms with E-state index in [0.29, 0.717) is 5.82 Å². The number of carbonyl (C=O) groups is 1. The van der Waals surface area contributed by atoms with Crippen LogP contribution >= 0.6 is 0 Å². The first-order chi connectivity index (χ1) is 7.66. The van der Waals surface area contributed by atoms with E-state index in [2.05, 4.69) is 20.5 Å². The third-order valence-corrected chi connectivity index (χ3v) is 1.81. The quantitative estimate of drug-likeness (QED) is 0.521. The number of nitrogens with zero attached hydrogens (tertiary/aromatic N) is 1. The number of carbonyl (C=O) groups excluding carboxylic acids is 1. The van der Waals surface area contributed by atoms with E-state index >= 15 is 0 Å². The molecule has 0 saturated heterocycles. The summed E-state index contributed by atoms with van der Waals surface area (Å²) >= 11 is 0. The number of hydrogen-bond donors (Lipinski definition) is 4. The Morgan fingerprint density at radius 1 is 1.38 bits per heavy atom. The fourth-order valence-corrected chi connectivity index (χ4v) is 1.09. The van der Waals surface area contributed by atoms with Gasteiger partial charge in [0, 0.05) is 12.3 Å². The largest absolute Gasteiger partial charge is 0.325 e. The molecule has 2 aromatic rings. The zero-order valence-electron chi connectivity index (χ0n) is 7.90. The molecule has 16 heavy (non-hydrogen) atoms. The van der Waals surface area contributed by atoms with E-state index in [0.717, 1.165) is 6.20 Å². The molecule has 0 aliphatic carbocycles. The van der Waals surface area contributed by atoms with Gasteiger partial charge in [-0.2, -0.15) is 5.10 Å². The summed E-state index contributed by atoms with van der Waals surface area (Å²) < 4.78 is 0. The van der Waals surface area contributed by atoms with Gasteiger partial charge in [0.05, 0.1) is 6.20 Å². The van der Waals surface area contributed by atoms with Crippen molar-refractivity contribution < 1.29 is 4.79 Å². The first-order valence-corrected chi connectivity index (χ1v) is 4.29. The lowest BCUT2D eigenvalue weighted by Gasteiger charge is -2.00. The van der Waals surface area contributed by atoms with Gasteiger partial charge in [-0.1, -0.05) is 0 Å². The Balaban J connectivity index is 2.28. The van der Waals surface area contributed by atoms with Crippen LogP contribution in [0.1, 0.15) is 10.4 Å². The number of nitrogens with one attached hydrogen (secondary N) is 4. The molecule has 0 aliphatic heterocycles. The lowest BCUT2D eigenvalue weighted by Crippen LogP contribution is -2.29. The van der Waals surface area contributed by atoms with Gasteiger partial charge in [-0.25, -0.2) is 4.79 Å². The zero-order valence-corrected chi connectivity index (χ0v) is 7.90. The zero-order chi connectivity index (χ0) is 11.5. The van der Waals surface area contributed by atoms with Crippen molar-refractivity contribution in [1.82, 2.24) is 20.2 Å². The van der Waals surface area contributed by atoms with Crippen LogP contribution < -0.4 is 16.6 Å². The Labute approximate surface area is 87.7 Å². The minimum atomic E-state index is -0.749. The predicted molar refractivity (Wildman–Crippen MR) is 54.2 cm³/mol. The van der Waals surface area contributed by atoms with E-state index < -0.39 is 17.2 Å². The highest BCUT2D eigenvalue weighted by molar-refractivity contribution is 6.03. The maximum Gasteiger partial charge on any atom is 0.325 e. The third kappa shape index (κ3) is 1.90. The van der Waals surface area contributed by atoms with Crippen molar-refractivity contribution in [2.45, 2.75) is 0 Å². The predicted octanol–water partition coefficient (Wildman–Crippen LogP) is -0.961. The summed E-state index contributed by atoms with van der Waals surface area (Å²) in [5.41, 5.74) is -1.60. The molecule has 8 nitrogen and oxygen atoms in total. The van der Waals surface area contributed by atoms with Crippen molar-refractivity contribution in [3.8, 4) is 0 Å². The number of aromatic nitrogens is 4. The molecular formula is C8H7N5O3. The van der Waals surface area contributed by atoms with E-state index in [9.17, 15) is 14.4 Å². The maximum absolute atomic E-state index is 11.5. The summed E-state index contributed by atoms with van der Waals surface area (Å²) in [6.07, 6.45) is 2.50. The maximum atomic E-state index is 11.5. The van der Waals surface area contributed by atoms with Gasteiger partial charge in [0.2, 0.25) is 0 Å². The van der Waals surface area contributed by atoms with Crippen molar-refractivity contribution in [2.75, 3.05) is 5.32 Å². The van der Waals surface area contributed by atoms with Crippen LogP contribution in [0.5, 0.6) is 0 Å². The average molecular weight is 221 g/mol. The highest BCUT2D eigenvalue weighted by Crippen LogP contribution is 2.00. The lowest BCUT2D eigenvalue weighted by atomic mass is 10.3. The molecule has 82 valence electrons. The van der Waals surface area contributed by atoms with Crippen molar-refractivity contribution >= 4 is 11.7 Å². The monoisotopic (exact) mass is 221 g/mol. The molecule has 0 unspecified atom stereocenters. The van der Waals surface area contributed by atoms with Gasteiger partial charge in [0.1, 0.15) is 11.4 Å². The number of rotatable bonds is 2. The highest BCUT2D eigenvalue weighted by Gasteiger charge is 2.11. The fourth-order valence-electron chi connectivity index (χ4n) is 1.09. The van der Waals surface area contributed by atoms with E-state index in [4.69, 9.17) is 0 Å². The molecule has 0 radical (unpaired) electrons. The molecule has 0 spiro atoms. The number of hydrogen-bond acceptors (Lipinski definition) is 4. The molecule has 0 aliphatic rings. The Morgan fingerprint density at radius 3 is 2.81 bits per heavy atom. The minimum Gasteiger partial charge on any atom is -0.313 e. The van der Waals surface area contributed by atoms with Crippen LogP contribution in [0.25, 0.3) is 0 Å². The molecule has 4 N–H and O–H groups in total. The molecule has 1 amide bonds. The minimum absolute atomic E-state index is 0.186. The smallest absolute Gasteiger partial charge is 0.313 e. The van der Waals surface area contributed by atoms with Gasteiger partial charge in [-0.05, 0) is 0 Å². The first-order valence-electron chi connectivity index (χ1n) is 4.29.